The van der Waals surface area contributed by atoms with Crippen molar-refractivity contribution in [1.82, 2.24) is 5.32 Å². The predicted molar refractivity (Wildman–Crippen MR) is 79.8 cm³/mol. The van der Waals surface area contributed by atoms with Crippen LogP contribution >= 0.6 is 11.8 Å². The van der Waals surface area contributed by atoms with Gasteiger partial charge in [0.05, 0.1) is 5.75 Å². The summed E-state index contributed by atoms with van der Waals surface area (Å²) in [6.45, 7) is 0. The zero-order valence-electron chi connectivity index (χ0n) is 11.3. The van der Waals surface area contributed by atoms with Crippen molar-refractivity contribution in [3.8, 4) is 0 Å². The molecule has 0 aromatic heterocycles. The van der Waals surface area contributed by atoms with E-state index in [4.69, 9.17) is 5.11 Å². The minimum Gasteiger partial charge on any atom is -0.480 e. The summed E-state index contributed by atoms with van der Waals surface area (Å²) in [6, 6.07) is 10.1. The van der Waals surface area contributed by atoms with Crippen LogP contribution in [0.3, 0.4) is 0 Å². The second-order valence-corrected chi connectivity index (χ2v) is 6.18. The summed E-state index contributed by atoms with van der Waals surface area (Å²) in [5.74, 6) is 0.0934. The van der Waals surface area contributed by atoms with Gasteiger partial charge >= 0.3 is 5.97 Å². The molecule has 1 fully saturated rings. The molecule has 0 heterocycles. The van der Waals surface area contributed by atoms with E-state index in [1.165, 1.54) is 17.3 Å². The summed E-state index contributed by atoms with van der Waals surface area (Å²) < 4.78 is 0. The lowest BCUT2D eigenvalue weighted by molar-refractivity contribution is -0.151. The highest BCUT2D eigenvalue weighted by atomic mass is 32.2. The fourth-order valence-corrected chi connectivity index (χ4v) is 3.01. The van der Waals surface area contributed by atoms with Crippen molar-refractivity contribution >= 4 is 23.6 Å². The van der Waals surface area contributed by atoms with Crippen molar-refractivity contribution in [3.05, 3.63) is 35.9 Å². The molecule has 0 bridgehead atoms. The van der Waals surface area contributed by atoms with Crippen LogP contribution in [0.4, 0.5) is 0 Å². The summed E-state index contributed by atoms with van der Waals surface area (Å²) in [4.78, 5) is 22.9. The second kappa shape index (κ2) is 6.79. The second-order valence-electron chi connectivity index (χ2n) is 5.08. The number of hydrogen-bond donors (Lipinski definition) is 2. The molecule has 5 heteroatoms. The molecule has 0 saturated heterocycles. The highest BCUT2D eigenvalue weighted by molar-refractivity contribution is 7.99. The monoisotopic (exact) mass is 293 g/mol. The van der Waals surface area contributed by atoms with Crippen LogP contribution in [0.5, 0.6) is 0 Å². The van der Waals surface area contributed by atoms with Gasteiger partial charge in [0, 0.05) is 0 Å². The number of hydrogen-bond acceptors (Lipinski definition) is 3. The fourth-order valence-electron chi connectivity index (χ4n) is 2.23. The van der Waals surface area contributed by atoms with Crippen LogP contribution in [0.15, 0.2) is 30.3 Å². The van der Waals surface area contributed by atoms with E-state index in [9.17, 15) is 9.59 Å². The van der Waals surface area contributed by atoms with Gasteiger partial charge in [0.25, 0.3) is 0 Å². The number of nitrogens with one attached hydrogen (secondary N) is 1. The SMILES string of the molecule is O=C(CSCCc1ccccc1)NC1(C(=O)O)CCC1. The Morgan fingerprint density at radius 3 is 2.50 bits per heavy atom. The third-order valence-electron chi connectivity index (χ3n) is 3.61. The van der Waals surface area contributed by atoms with Gasteiger partial charge in [-0.3, -0.25) is 4.79 Å². The highest BCUT2D eigenvalue weighted by Crippen LogP contribution is 2.32. The first-order chi connectivity index (χ1) is 9.62. The number of rotatable bonds is 7. The van der Waals surface area contributed by atoms with E-state index in [0.29, 0.717) is 18.6 Å². The van der Waals surface area contributed by atoms with Crippen LogP contribution < -0.4 is 5.32 Å². The van der Waals surface area contributed by atoms with E-state index in [2.05, 4.69) is 17.4 Å². The average Bonchev–Trinajstić information content (AvgIpc) is 2.40. The minimum absolute atomic E-state index is 0.176. The fraction of sp³-hybridized carbons (Fsp3) is 0.467. The molecule has 0 unspecified atom stereocenters. The number of carbonyl (C=O) groups is 2. The third-order valence-corrected chi connectivity index (χ3v) is 4.57. The smallest absolute Gasteiger partial charge is 0.329 e. The molecule has 108 valence electrons. The average molecular weight is 293 g/mol. The number of aliphatic carboxylic acids is 1. The van der Waals surface area contributed by atoms with Crippen LogP contribution in [-0.2, 0) is 16.0 Å². The van der Waals surface area contributed by atoms with E-state index in [0.717, 1.165) is 18.6 Å². The highest BCUT2D eigenvalue weighted by Gasteiger charge is 2.45. The molecule has 1 amide bonds. The van der Waals surface area contributed by atoms with Crippen molar-refractivity contribution in [1.29, 1.82) is 0 Å². The number of carboxylic acids is 1. The number of carbonyl (C=O) groups excluding carboxylic acids is 1. The summed E-state index contributed by atoms with van der Waals surface area (Å²) >= 11 is 1.54. The Balaban J connectivity index is 1.67. The molecule has 0 atom stereocenters. The molecular formula is C15H19NO3S. The zero-order valence-corrected chi connectivity index (χ0v) is 12.1. The molecule has 0 spiro atoms. The standard InChI is InChI=1S/C15H19NO3S/c17-13(16-15(14(18)19)8-4-9-15)11-20-10-7-12-5-2-1-3-6-12/h1-3,5-6H,4,7-11H2,(H,16,17)(H,18,19). The van der Waals surface area contributed by atoms with Gasteiger partial charge in [0.1, 0.15) is 5.54 Å². The molecule has 1 saturated carbocycles. The molecule has 1 aliphatic carbocycles. The van der Waals surface area contributed by atoms with Crippen LogP contribution in [0.25, 0.3) is 0 Å². The van der Waals surface area contributed by atoms with Gasteiger partial charge in [0.15, 0.2) is 0 Å². The molecular weight excluding hydrogens is 274 g/mol. The van der Waals surface area contributed by atoms with Crippen LogP contribution in [0.2, 0.25) is 0 Å². The zero-order chi connectivity index (χ0) is 14.4. The number of amides is 1. The molecule has 1 aromatic carbocycles. The van der Waals surface area contributed by atoms with E-state index in [1.807, 2.05) is 18.2 Å². The van der Waals surface area contributed by atoms with Crippen molar-refractivity contribution < 1.29 is 14.7 Å². The van der Waals surface area contributed by atoms with Gasteiger partial charge in [-0.05, 0) is 37.0 Å². The van der Waals surface area contributed by atoms with Crippen LogP contribution in [0.1, 0.15) is 24.8 Å². The summed E-state index contributed by atoms with van der Waals surface area (Å²) in [7, 11) is 0. The van der Waals surface area contributed by atoms with Gasteiger partial charge in [-0.25, -0.2) is 4.79 Å². The van der Waals surface area contributed by atoms with Gasteiger partial charge < -0.3 is 10.4 Å². The Morgan fingerprint density at radius 1 is 1.25 bits per heavy atom. The molecule has 2 rings (SSSR count). The Hall–Kier alpha value is -1.49. The lowest BCUT2D eigenvalue weighted by Gasteiger charge is -2.38. The van der Waals surface area contributed by atoms with Crippen LogP contribution in [-0.4, -0.2) is 34.0 Å². The Kier molecular flexibility index (Phi) is 5.06. The molecule has 0 aliphatic heterocycles. The minimum atomic E-state index is -0.989. The van der Waals surface area contributed by atoms with Crippen molar-refractivity contribution in [2.75, 3.05) is 11.5 Å². The predicted octanol–water partition coefficient (Wildman–Crippen LogP) is 2.09. The van der Waals surface area contributed by atoms with Gasteiger partial charge in [-0.15, -0.1) is 0 Å². The summed E-state index contributed by atoms with van der Waals surface area (Å²) in [6.07, 6.45) is 2.88. The Morgan fingerprint density at radius 2 is 1.95 bits per heavy atom. The molecule has 2 N–H and O–H groups in total. The molecule has 1 aliphatic rings. The number of benzene rings is 1. The van der Waals surface area contributed by atoms with Crippen molar-refractivity contribution in [2.45, 2.75) is 31.2 Å². The molecule has 4 nitrogen and oxygen atoms in total. The lowest BCUT2D eigenvalue weighted by atomic mass is 9.77. The van der Waals surface area contributed by atoms with E-state index in [-0.39, 0.29) is 5.91 Å². The number of thioether (sulfide) groups is 1. The van der Waals surface area contributed by atoms with Crippen molar-refractivity contribution in [3.63, 3.8) is 0 Å². The first-order valence-corrected chi connectivity index (χ1v) is 7.94. The summed E-state index contributed by atoms with van der Waals surface area (Å²) in [5.41, 5.74) is 0.262. The topological polar surface area (TPSA) is 66.4 Å². The molecule has 20 heavy (non-hydrogen) atoms. The first-order valence-electron chi connectivity index (χ1n) is 6.78. The van der Waals surface area contributed by atoms with Crippen molar-refractivity contribution in [2.24, 2.45) is 0 Å². The van der Waals surface area contributed by atoms with E-state index in [1.54, 1.807) is 0 Å². The normalized spacial score (nSPS) is 16.2. The maximum absolute atomic E-state index is 11.8. The Labute approximate surface area is 123 Å². The quantitative estimate of drug-likeness (QED) is 0.755. The van der Waals surface area contributed by atoms with Crippen LogP contribution in [0, 0.1) is 0 Å². The largest absolute Gasteiger partial charge is 0.480 e. The maximum Gasteiger partial charge on any atom is 0.329 e. The summed E-state index contributed by atoms with van der Waals surface area (Å²) in [5, 5.41) is 11.8. The number of aryl methyl sites for hydroxylation is 1. The van der Waals surface area contributed by atoms with Gasteiger partial charge in [-0.2, -0.15) is 11.8 Å². The first kappa shape index (κ1) is 14.9. The van der Waals surface area contributed by atoms with Gasteiger partial charge in [0.2, 0.25) is 5.91 Å². The molecule has 0 radical (unpaired) electrons. The number of carboxylic acid groups (broad SMARTS) is 1. The lowest BCUT2D eigenvalue weighted by Crippen LogP contribution is -2.59. The Bertz CT molecular complexity index is 471. The van der Waals surface area contributed by atoms with E-state index >= 15 is 0 Å². The maximum atomic E-state index is 11.8. The van der Waals surface area contributed by atoms with E-state index < -0.39 is 11.5 Å². The molecule has 1 aromatic rings. The van der Waals surface area contributed by atoms with Gasteiger partial charge in [-0.1, -0.05) is 30.3 Å². The third kappa shape index (κ3) is 3.76.